The summed E-state index contributed by atoms with van der Waals surface area (Å²) in [6, 6.07) is 6.98. The molecule has 0 saturated heterocycles. The third kappa shape index (κ3) is 3.89. The molecule has 0 unspecified atom stereocenters. The van der Waals surface area contributed by atoms with Gasteiger partial charge in [-0.15, -0.1) is 0 Å². The van der Waals surface area contributed by atoms with Crippen LogP contribution in [-0.4, -0.2) is 42.7 Å². The molecule has 2 aromatic rings. The van der Waals surface area contributed by atoms with Crippen molar-refractivity contribution in [2.75, 3.05) is 42.7 Å². The van der Waals surface area contributed by atoms with Crippen molar-refractivity contribution >= 4 is 0 Å². The maximum Gasteiger partial charge on any atom is 0.141 e. The number of methoxy groups -OCH3 is 6. The van der Waals surface area contributed by atoms with E-state index in [2.05, 4.69) is 11.8 Å². The normalized spacial score (nSPS) is 9.62. The molecule has 0 saturated carbocycles. The molecule has 0 aliphatic rings. The molecule has 0 atom stereocenters. The summed E-state index contributed by atoms with van der Waals surface area (Å²) in [6.45, 7) is 0. The Labute approximate surface area is 153 Å². The summed E-state index contributed by atoms with van der Waals surface area (Å²) >= 11 is 0. The Morgan fingerprint density at radius 3 is 0.923 bits per heavy atom. The van der Waals surface area contributed by atoms with E-state index < -0.39 is 0 Å². The average molecular weight is 358 g/mol. The number of rotatable bonds is 6. The zero-order valence-corrected chi connectivity index (χ0v) is 15.8. The molecule has 0 fully saturated rings. The summed E-state index contributed by atoms with van der Waals surface area (Å²) < 4.78 is 32.2. The standard InChI is InChI=1S/C20H22O6/c1-21-13-9-17(23-3)15(18(10-13)24-4)7-8-16-19(25-5)11-14(22-2)12-20(16)26-6/h9-12H,1-6H3. The monoisotopic (exact) mass is 358 g/mol. The molecule has 2 aromatic carbocycles. The lowest BCUT2D eigenvalue weighted by atomic mass is 10.1. The first-order chi connectivity index (χ1) is 12.6. The van der Waals surface area contributed by atoms with Gasteiger partial charge in [-0.25, -0.2) is 0 Å². The highest BCUT2D eigenvalue weighted by Gasteiger charge is 2.14. The molecule has 6 heteroatoms. The molecule has 0 heterocycles. The van der Waals surface area contributed by atoms with Crippen LogP contribution in [0.1, 0.15) is 11.1 Å². The lowest BCUT2D eigenvalue weighted by Gasteiger charge is -2.12. The molecule has 2 rings (SSSR count). The van der Waals surface area contributed by atoms with Gasteiger partial charge < -0.3 is 28.4 Å². The van der Waals surface area contributed by atoms with Gasteiger partial charge in [-0.05, 0) is 0 Å². The topological polar surface area (TPSA) is 55.4 Å². The molecule has 0 radical (unpaired) electrons. The van der Waals surface area contributed by atoms with Gasteiger partial charge in [0.05, 0.1) is 42.7 Å². The summed E-state index contributed by atoms with van der Waals surface area (Å²) in [6.07, 6.45) is 0. The molecule has 0 aliphatic heterocycles. The van der Waals surface area contributed by atoms with Crippen LogP contribution in [0.15, 0.2) is 24.3 Å². The van der Waals surface area contributed by atoms with Crippen LogP contribution >= 0.6 is 0 Å². The quantitative estimate of drug-likeness (QED) is 0.740. The maximum absolute atomic E-state index is 5.42. The SMILES string of the molecule is COc1cc(OC)c(C#Cc2c(OC)cc(OC)cc2OC)c(OC)c1. The van der Waals surface area contributed by atoms with Crippen LogP contribution in [0.5, 0.6) is 34.5 Å². The van der Waals surface area contributed by atoms with E-state index in [0.717, 1.165) is 0 Å². The zero-order chi connectivity index (χ0) is 19.1. The minimum absolute atomic E-state index is 0.542. The average Bonchev–Trinajstić information content (AvgIpc) is 2.70. The van der Waals surface area contributed by atoms with Crippen molar-refractivity contribution in [3.05, 3.63) is 35.4 Å². The highest BCUT2D eigenvalue weighted by atomic mass is 16.5. The largest absolute Gasteiger partial charge is 0.496 e. The van der Waals surface area contributed by atoms with Crippen LogP contribution in [0.4, 0.5) is 0 Å². The number of hydrogen-bond donors (Lipinski definition) is 0. The van der Waals surface area contributed by atoms with Crippen LogP contribution in [0, 0.1) is 11.8 Å². The maximum atomic E-state index is 5.42. The van der Waals surface area contributed by atoms with Crippen molar-refractivity contribution in [1.29, 1.82) is 0 Å². The van der Waals surface area contributed by atoms with E-state index in [1.165, 1.54) is 0 Å². The molecule has 0 aliphatic carbocycles. The molecular weight excluding hydrogens is 336 g/mol. The van der Waals surface area contributed by atoms with Crippen LogP contribution in [-0.2, 0) is 0 Å². The van der Waals surface area contributed by atoms with Gasteiger partial charge in [-0.1, -0.05) is 11.8 Å². The Morgan fingerprint density at radius 1 is 0.462 bits per heavy atom. The minimum Gasteiger partial charge on any atom is -0.496 e. The first-order valence-corrected chi connectivity index (χ1v) is 7.73. The summed E-state index contributed by atoms with van der Waals surface area (Å²) in [5, 5.41) is 0. The summed E-state index contributed by atoms with van der Waals surface area (Å²) in [4.78, 5) is 0. The van der Waals surface area contributed by atoms with Crippen molar-refractivity contribution < 1.29 is 28.4 Å². The fourth-order valence-corrected chi connectivity index (χ4v) is 2.38. The predicted molar refractivity (Wildman–Crippen MR) is 98.2 cm³/mol. The highest BCUT2D eigenvalue weighted by Crippen LogP contribution is 2.35. The van der Waals surface area contributed by atoms with Gasteiger partial charge in [0.1, 0.15) is 45.6 Å². The third-order valence-electron chi connectivity index (χ3n) is 3.74. The molecule has 0 amide bonds. The second kappa shape index (κ2) is 8.77. The number of hydrogen-bond acceptors (Lipinski definition) is 6. The van der Waals surface area contributed by atoms with Gasteiger partial charge in [0.2, 0.25) is 0 Å². The molecule has 6 nitrogen and oxygen atoms in total. The summed E-state index contributed by atoms with van der Waals surface area (Å²) in [7, 11) is 9.41. The highest BCUT2D eigenvalue weighted by molar-refractivity contribution is 5.64. The predicted octanol–water partition coefficient (Wildman–Crippen LogP) is 3.14. The van der Waals surface area contributed by atoms with Gasteiger partial charge >= 0.3 is 0 Å². The van der Waals surface area contributed by atoms with E-state index >= 15 is 0 Å². The Hall–Kier alpha value is -3.20. The first-order valence-electron chi connectivity index (χ1n) is 7.73. The van der Waals surface area contributed by atoms with Crippen LogP contribution < -0.4 is 28.4 Å². The van der Waals surface area contributed by atoms with Gasteiger partial charge in [0.25, 0.3) is 0 Å². The molecule has 0 N–H and O–H groups in total. The molecular formula is C20H22O6. The summed E-state index contributed by atoms with van der Waals surface area (Å²) in [5.74, 6) is 9.56. The van der Waals surface area contributed by atoms with Crippen molar-refractivity contribution in [3.63, 3.8) is 0 Å². The second-order valence-corrected chi connectivity index (χ2v) is 5.06. The molecule has 0 aromatic heterocycles. The Morgan fingerprint density at radius 2 is 0.731 bits per heavy atom. The molecule has 0 spiro atoms. The van der Waals surface area contributed by atoms with E-state index in [-0.39, 0.29) is 0 Å². The molecule has 138 valence electrons. The van der Waals surface area contributed by atoms with Crippen LogP contribution in [0.2, 0.25) is 0 Å². The zero-order valence-electron chi connectivity index (χ0n) is 15.8. The van der Waals surface area contributed by atoms with Crippen molar-refractivity contribution in [2.24, 2.45) is 0 Å². The minimum atomic E-state index is 0.542. The van der Waals surface area contributed by atoms with Crippen molar-refractivity contribution in [2.45, 2.75) is 0 Å². The van der Waals surface area contributed by atoms with E-state index in [0.29, 0.717) is 45.6 Å². The number of ether oxygens (including phenoxy) is 6. The third-order valence-corrected chi connectivity index (χ3v) is 3.74. The second-order valence-electron chi connectivity index (χ2n) is 5.06. The van der Waals surface area contributed by atoms with E-state index in [4.69, 9.17) is 28.4 Å². The number of benzene rings is 2. The fourth-order valence-electron chi connectivity index (χ4n) is 2.38. The van der Waals surface area contributed by atoms with E-state index in [1.807, 2.05) is 0 Å². The smallest absolute Gasteiger partial charge is 0.141 e. The molecule has 0 bridgehead atoms. The van der Waals surface area contributed by atoms with Crippen molar-refractivity contribution in [3.8, 4) is 46.3 Å². The van der Waals surface area contributed by atoms with Crippen LogP contribution in [0.25, 0.3) is 0 Å². The fraction of sp³-hybridized carbons (Fsp3) is 0.300. The van der Waals surface area contributed by atoms with Gasteiger partial charge in [0.15, 0.2) is 0 Å². The molecule has 26 heavy (non-hydrogen) atoms. The Bertz CT molecular complexity index is 714. The van der Waals surface area contributed by atoms with Gasteiger partial charge in [-0.3, -0.25) is 0 Å². The summed E-state index contributed by atoms with van der Waals surface area (Å²) in [5.41, 5.74) is 1.19. The van der Waals surface area contributed by atoms with E-state index in [1.54, 1.807) is 66.9 Å². The lowest BCUT2D eigenvalue weighted by Crippen LogP contribution is -1.97. The first kappa shape index (κ1) is 19.1. The van der Waals surface area contributed by atoms with Gasteiger partial charge in [-0.2, -0.15) is 0 Å². The Kier molecular flexibility index (Phi) is 6.45. The lowest BCUT2D eigenvalue weighted by molar-refractivity contribution is 0.373. The van der Waals surface area contributed by atoms with E-state index in [9.17, 15) is 0 Å². The van der Waals surface area contributed by atoms with Crippen molar-refractivity contribution in [1.82, 2.24) is 0 Å². The van der Waals surface area contributed by atoms with Crippen LogP contribution in [0.3, 0.4) is 0 Å². The Balaban J connectivity index is 2.63. The van der Waals surface area contributed by atoms with Gasteiger partial charge in [0, 0.05) is 24.3 Å².